The van der Waals surface area contributed by atoms with Crippen LogP contribution in [0.2, 0.25) is 0 Å². The van der Waals surface area contributed by atoms with Crippen LogP contribution in [0.25, 0.3) is 11.5 Å². The van der Waals surface area contributed by atoms with E-state index in [4.69, 9.17) is 9.52 Å². The maximum absolute atomic E-state index is 11.9. The second-order valence-electron chi connectivity index (χ2n) is 5.25. The summed E-state index contributed by atoms with van der Waals surface area (Å²) in [5.74, 6) is -0.622. The van der Waals surface area contributed by atoms with Gasteiger partial charge in [0.2, 0.25) is 5.91 Å². The lowest BCUT2D eigenvalue weighted by Crippen LogP contribution is -2.34. The van der Waals surface area contributed by atoms with Crippen LogP contribution in [0.15, 0.2) is 39.7 Å². The second-order valence-corrected chi connectivity index (χ2v) is 5.25. The summed E-state index contributed by atoms with van der Waals surface area (Å²) in [4.78, 5) is 34.0. The van der Waals surface area contributed by atoms with E-state index in [9.17, 15) is 14.4 Å². The van der Waals surface area contributed by atoms with E-state index in [0.717, 1.165) is 11.1 Å². The molecule has 0 aliphatic heterocycles. The number of aliphatic carboxylic acids is 1. The van der Waals surface area contributed by atoms with Crippen LogP contribution in [-0.4, -0.2) is 33.3 Å². The van der Waals surface area contributed by atoms with Crippen molar-refractivity contribution in [3.05, 3.63) is 40.9 Å². The minimum Gasteiger partial charge on any atom is -0.481 e. The molecule has 128 valence electrons. The summed E-state index contributed by atoms with van der Waals surface area (Å²) in [5.41, 5.74) is 0.1000. The molecule has 0 saturated heterocycles. The molecule has 0 fully saturated rings. The fourth-order valence-electron chi connectivity index (χ4n) is 2.12. The Morgan fingerprint density at radius 1 is 1.21 bits per heavy atom. The average Bonchev–Trinajstić information content (AvgIpc) is 3.07. The minimum atomic E-state index is -0.819. The summed E-state index contributed by atoms with van der Waals surface area (Å²) in [6.45, 7) is 0.258. The second kappa shape index (κ2) is 8.66. The first kappa shape index (κ1) is 17.5. The highest BCUT2D eigenvalue weighted by atomic mass is 16.4. The minimum absolute atomic E-state index is 0.132. The molecule has 0 bridgehead atoms. The van der Waals surface area contributed by atoms with Gasteiger partial charge in [0, 0.05) is 19.0 Å². The summed E-state index contributed by atoms with van der Waals surface area (Å²) < 4.78 is 6.30. The van der Waals surface area contributed by atoms with Gasteiger partial charge >= 0.3 is 5.97 Å². The van der Waals surface area contributed by atoms with E-state index in [1.165, 1.54) is 18.4 Å². The van der Waals surface area contributed by atoms with Crippen molar-refractivity contribution < 1.29 is 19.1 Å². The number of unbranched alkanes of at least 4 members (excludes halogenated alkanes) is 2. The van der Waals surface area contributed by atoms with Gasteiger partial charge in [0.1, 0.15) is 12.2 Å². The molecule has 2 aromatic heterocycles. The number of amides is 1. The monoisotopic (exact) mass is 333 g/mol. The van der Waals surface area contributed by atoms with E-state index in [1.807, 2.05) is 0 Å². The Kier molecular flexibility index (Phi) is 6.30. The molecular weight excluding hydrogens is 314 g/mol. The predicted molar refractivity (Wildman–Crippen MR) is 85.3 cm³/mol. The molecule has 0 radical (unpaired) electrons. The van der Waals surface area contributed by atoms with Crippen LogP contribution in [0, 0.1) is 0 Å². The number of carbonyl (C=O) groups is 2. The molecule has 0 saturated carbocycles. The van der Waals surface area contributed by atoms with E-state index < -0.39 is 5.97 Å². The maximum atomic E-state index is 11.9. The Labute approximate surface area is 138 Å². The lowest BCUT2D eigenvalue weighted by atomic mass is 10.2. The summed E-state index contributed by atoms with van der Waals surface area (Å²) in [5, 5.41) is 15.3. The van der Waals surface area contributed by atoms with Crippen molar-refractivity contribution in [1.82, 2.24) is 15.1 Å². The number of carboxylic acids is 1. The van der Waals surface area contributed by atoms with Gasteiger partial charge in [-0.2, -0.15) is 5.10 Å². The number of rotatable bonds is 9. The molecule has 0 aromatic carbocycles. The van der Waals surface area contributed by atoms with Crippen molar-refractivity contribution in [1.29, 1.82) is 0 Å². The van der Waals surface area contributed by atoms with Crippen molar-refractivity contribution in [3.63, 3.8) is 0 Å². The third-order valence-electron chi connectivity index (χ3n) is 3.32. The smallest absolute Gasteiger partial charge is 0.303 e. The van der Waals surface area contributed by atoms with E-state index in [-0.39, 0.29) is 24.4 Å². The Bertz CT molecular complexity index is 736. The van der Waals surface area contributed by atoms with Crippen molar-refractivity contribution in [2.75, 3.05) is 6.54 Å². The predicted octanol–water partition coefficient (Wildman–Crippen LogP) is 1.26. The van der Waals surface area contributed by atoms with Gasteiger partial charge in [-0.3, -0.25) is 14.4 Å². The maximum Gasteiger partial charge on any atom is 0.303 e. The molecule has 8 heteroatoms. The first-order chi connectivity index (χ1) is 11.6. The van der Waals surface area contributed by atoms with E-state index in [0.29, 0.717) is 30.8 Å². The number of aromatic nitrogens is 2. The molecule has 2 N–H and O–H groups in total. The SMILES string of the molecule is O=C(O)CCCCCNC(=O)Cn1nc(-c2ccco2)ccc1=O. The van der Waals surface area contributed by atoms with Gasteiger partial charge in [-0.1, -0.05) is 6.42 Å². The summed E-state index contributed by atoms with van der Waals surface area (Å²) in [6, 6.07) is 6.31. The number of nitrogens with zero attached hydrogens (tertiary/aromatic N) is 2. The molecule has 1 amide bonds. The Balaban J connectivity index is 1.82. The van der Waals surface area contributed by atoms with Crippen molar-refractivity contribution in [2.45, 2.75) is 32.2 Å². The first-order valence-electron chi connectivity index (χ1n) is 7.67. The molecule has 0 unspecified atom stereocenters. The van der Waals surface area contributed by atoms with Gasteiger partial charge in [0.05, 0.1) is 6.26 Å². The van der Waals surface area contributed by atoms with E-state index >= 15 is 0 Å². The van der Waals surface area contributed by atoms with Gasteiger partial charge in [-0.05, 0) is 31.0 Å². The molecule has 2 aromatic rings. The molecule has 2 heterocycles. The van der Waals surface area contributed by atoms with Crippen LogP contribution >= 0.6 is 0 Å². The number of hydrogen-bond donors (Lipinski definition) is 2. The number of hydrogen-bond acceptors (Lipinski definition) is 5. The quantitative estimate of drug-likeness (QED) is 0.668. The van der Waals surface area contributed by atoms with Crippen molar-refractivity contribution >= 4 is 11.9 Å². The van der Waals surface area contributed by atoms with Crippen LogP contribution in [-0.2, 0) is 16.1 Å². The molecule has 0 atom stereocenters. The van der Waals surface area contributed by atoms with Gasteiger partial charge < -0.3 is 14.8 Å². The zero-order valence-corrected chi connectivity index (χ0v) is 13.1. The van der Waals surface area contributed by atoms with Crippen molar-refractivity contribution in [2.24, 2.45) is 0 Å². The lowest BCUT2D eigenvalue weighted by molar-refractivity contribution is -0.137. The van der Waals surface area contributed by atoms with Crippen LogP contribution in [0.1, 0.15) is 25.7 Å². The number of furan rings is 1. The highest BCUT2D eigenvalue weighted by Gasteiger charge is 2.09. The summed E-state index contributed by atoms with van der Waals surface area (Å²) in [6.07, 6.45) is 3.63. The number of nitrogens with one attached hydrogen (secondary N) is 1. The molecular formula is C16H19N3O5. The summed E-state index contributed by atoms with van der Waals surface area (Å²) in [7, 11) is 0. The normalized spacial score (nSPS) is 10.5. The average molecular weight is 333 g/mol. The standard InChI is InChI=1S/C16H19N3O5/c20-14(17-9-3-1-2-6-16(22)23)11-19-15(21)8-7-12(18-19)13-5-4-10-24-13/h4-5,7-8,10H,1-3,6,9,11H2,(H,17,20)(H,22,23). The molecule has 0 spiro atoms. The highest BCUT2D eigenvalue weighted by Crippen LogP contribution is 2.14. The van der Waals surface area contributed by atoms with Gasteiger partial charge in [0.25, 0.3) is 5.56 Å². The lowest BCUT2D eigenvalue weighted by Gasteiger charge is -2.07. The third kappa shape index (κ3) is 5.38. The Hall–Kier alpha value is -2.90. The summed E-state index contributed by atoms with van der Waals surface area (Å²) >= 11 is 0. The fourth-order valence-corrected chi connectivity index (χ4v) is 2.12. The molecule has 8 nitrogen and oxygen atoms in total. The topological polar surface area (TPSA) is 114 Å². The van der Waals surface area contributed by atoms with Crippen LogP contribution < -0.4 is 10.9 Å². The number of carbonyl (C=O) groups excluding carboxylic acids is 1. The van der Waals surface area contributed by atoms with Crippen LogP contribution in [0.3, 0.4) is 0 Å². The highest BCUT2D eigenvalue weighted by molar-refractivity contribution is 5.75. The first-order valence-corrected chi connectivity index (χ1v) is 7.67. The number of carboxylic acid groups (broad SMARTS) is 1. The molecule has 2 rings (SSSR count). The fraction of sp³-hybridized carbons (Fsp3) is 0.375. The van der Waals surface area contributed by atoms with E-state index in [2.05, 4.69) is 10.4 Å². The van der Waals surface area contributed by atoms with Crippen LogP contribution in [0.4, 0.5) is 0 Å². The molecule has 0 aliphatic carbocycles. The van der Waals surface area contributed by atoms with Gasteiger partial charge in [0.15, 0.2) is 5.76 Å². The zero-order chi connectivity index (χ0) is 17.4. The zero-order valence-electron chi connectivity index (χ0n) is 13.1. The van der Waals surface area contributed by atoms with Crippen molar-refractivity contribution in [3.8, 4) is 11.5 Å². The molecule has 0 aliphatic rings. The van der Waals surface area contributed by atoms with Crippen LogP contribution in [0.5, 0.6) is 0 Å². The van der Waals surface area contributed by atoms with E-state index in [1.54, 1.807) is 12.1 Å². The van der Waals surface area contributed by atoms with Gasteiger partial charge in [-0.15, -0.1) is 0 Å². The third-order valence-corrected chi connectivity index (χ3v) is 3.32. The molecule has 24 heavy (non-hydrogen) atoms. The van der Waals surface area contributed by atoms with Gasteiger partial charge in [-0.25, -0.2) is 4.68 Å². The Morgan fingerprint density at radius 2 is 2.04 bits per heavy atom. The Morgan fingerprint density at radius 3 is 2.75 bits per heavy atom. The largest absolute Gasteiger partial charge is 0.481 e.